The molecule has 5 nitrogen and oxygen atoms in total. The summed E-state index contributed by atoms with van der Waals surface area (Å²) in [5.41, 5.74) is 0.871. The molecule has 1 saturated heterocycles. The van der Waals surface area contributed by atoms with Crippen LogP contribution in [0.5, 0.6) is 0 Å². The van der Waals surface area contributed by atoms with E-state index in [2.05, 4.69) is 50.1 Å². The van der Waals surface area contributed by atoms with Crippen molar-refractivity contribution in [2.75, 3.05) is 19.7 Å². The maximum Gasteiger partial charge on any atom is 0.0627 e. The van der Waals surface area contributed by atoms with E-state index in [9.17, 15) is 10.4 Å². The Labute approximate surface area is 215 Å². The maximum absolute atomic E-state index is 9.65. The molecule has 1 heterocycles. The summed E-state index contributed by atoms with van der Waals surface area (Å²) in [6.45, 7) is 12.1. The topological polar surface area (TPSA) is 83.1 Å². The smallest absolute Gasteiger partial charge is 0.0627 e. The van der Waals surface area contributed by atoms with Gasteiger partial charge in [-0.25, -0.2) is 0 Å². The average molecular weight is 485 g/mol. The molecule has 1 aliphatic heterocycles. The fourth-order valence-electron chi connectivity index (χ4n) is 7.48. The SMILES string of the molecule is C[C@@H](CCCC(CCO)NC1CCC(C)(CC#N)CC1)C1(CC#N)CCC(N2CC(C)(C)C2)CC1. The van der Waals surface area contributed by atoms with Crippen LogP contribution in [-0.2, 0) is 0 Å². The summed E-state index contributed by atoms with van der Waals surface area (Å²) in [5, 5.41) is 32.3. The van der Waals surface area contributed by atoms with Gasteiger partial charge in [-0.15, -0.1) is 0 Å². The third kappa shape index (κ3) is 7.67. The van der Waals surface area contributed by atoms with E-state index in [1.165, 1.54) is 45.2 Å². The van der Waals surface area contributed by atoms with Gasteiger partial charge in [-0.1, -0.05) is 40.5 Å². The first-order valence-corrected chi connectivity index (χ1v) is 14.5. The van der Waals surface area contributed by atoms with E-state index in [-0.39, 0.29) is 17.4 Å². The minimum absolute atomic E-state index is 0.189. The van der Waals surface area contributed by atoms with E-state index in [1.54, 1.807) is 0 Å². The molecule has 2 saturated carbocycles. The molecule has 2 aliphatic carbocycles. The molecule has 2 atom stereocenters. The Morgan fingerprint density at radius 3 is 2.09 bits per heavy atom. The second-order valence-corrected chi connectivity index (χ2v) is 13.6. The zero-order chi connectivity index (χ0) is 25.5. The van der Waals surface area contributed by atoms with Crippen LogP contribution in [0.25, 0.3) is 0 Å². The Balaban J connectivity index is 1.44. The van der Waals surface area contributed by atoms with Crippen molar-refractivity contribution in [1.29, 1.82) is 10.5 Å². The van der Waals surface area contributed by atoms with Crippen molar-refractivity contribution in [3.63, 3.8) is 0 Å². The molecule has 3 fully saturated rings. The van der Waals surface area contributed by atoms with E-state index in [1.807, 2.05) is 0 Å². The highest BCUT2D eigenvalue weighted by molar-refractivity contribution is 5.00. The van der Waals surface area contributed by atoms with E-state index < -0.39 is 0 Å². The molecule has 0 amide bonds. The Morgan fingerprint density at radius 1 is 0.914 bits per heavy atom. The summed E-state index contributed by atoms with van der Waals surface area (Å²) in [7, 11) is 0. The molecule has 0 aromatic carbocycles. The minimum Gasteiger partial charge on any atom is -0.396 e. The predicted molar refractivity (Wildman–Crippen MR) is 143 cm³/mol. The van der Waals surface area contributed by atoms with Crippen molar-refractivity contribution >= 4 is 0 Å². The van der Waals surface area contributed by atoms with Gasteiger partial charge in [0.1, 0.15) is 0 Å². The monoisotopic (exact) mass is 484 g/mol. The number of nitrogens with zero attached hydrogens (tertiary/aromatic N) is 3. The molecule has 2 N–H and O–H groups in total. The van der Waals surface area contributed by atoms with Crippen molar-refractivity contribution < 1.29 is 5.11 Å². The van der Waals surface area contributed by atoms with Crippen LogP contribution >= 0.6 is 0 Å². The summed E-state index contributed by atoms with van der Waals surface area (Å²) in [6, 6.07) is 6.54. The second-order valence-electron chi connectivity index (χ2n) is 13.6. The Kier molecular flexibility index (Phi) is 10.1. The van der Waals surface area contributed by atoms with Gasteiger partial charge in [0.2, 0.25) is 0 Å². The Bertz CT molecular complexity index is 726. The van der Waals surface area contributed by atoms with Crippen LogP contribution in [0.15, 0.2) is 0 Å². The van der Waals surface area contributed by atoms with Crippen LogP contribution in [0.3, 0.4) is 0 Å². The molecule has 3 rings (SSSR count). The molecule has 0 radical (unpaired) electrons. The number of nitrogens with one attached hydrogen (secondary N) is 1. The van der Waals surface area contributed by atoms with E-state index in [0.29, 0.717) is 36.3 Å². The Hall–Kier alpha value is -1.14. The number of hydrogen-bond donors (Lipinski definition) is 2. The van der Waals surface area contributed by atoms with Crippen molar-refractivity contribution in [1.82, 2.24) is 10.2 Å². The van der Waals surface area contributed by atoms with E-state index in [0.717, 1.165) is 51.0 Å². The molecule has 0 bridgehead atoms. The lowest BCUT2D eigenvalue weighted by molar-refractivity contribution is -0.0403. The van der Waals surface area contributed by atoms with Gasteiger partial charge in [0, 0.05) is 50.7 Å². The molecular formula is C30H52N4O. The summed E-state index contributed by atoms with van der Waals surface area (Å²) < 4.78 is 0. The highest BCUT2D eigenvalue weighted by Crippen LogP contribution is 2.49. The lowest BCUT2D eigenvalue weighted by Crippen LogP contribution is -2.58. The molecule has 1 unspecified atom stereocenters. The molecule has 3 aliphatic rings. The van der Waals surface area contributed by atoms with Crippen LogP contribution < -0.4 is 5.32 Å². The van der Waals surface area contributed by atoms with E-state index >= 15 is 0 Å². The molecule has 0 aromatic heterocycles. The highest BCUT2D eigenvalue weighted by atomic mass is 16.3. The first-order chi connectivity index (χ1) is 16.6. The number of aliphatic hydroxyl groups excluding tert-OH is 1. The van der Waals surface area contributed by atoms with Crippen LogP contribution in [0.2, 0.25) is 0 Å². The quantitative estimate of drug-likeness (QED) is 0.345. The second kappa shape index (κ2) is 12.4. The normalized spacial score (nSPS) is 34.8. The summed E-state index contributed by atoms with van der Waals surface area (Å²) in [5.74, 6) is 0.576. The van der Waals surface area contributed by atoms with Crippen LogP contribution in [0.4, 0.5) is 0 Å². The number of rotatable bonds is 12. The third-order valence-electron chi connectivity index (χ3n) is 10.0. The van der Waals surface area contributed by atoms with Gasteiger partial charge in [-0.05, 0) is 86.4 Å². The fourth-order valence-corrected chi connectivity index (χ4v) is 7.48. The number of hydrogen-bond acceptors (Lipinski definition) is 5. The number of likely N-dealkylation sites (tertiary alicyclic amines) is 1. The van der Waals surface area contributed by atoms with Crippen molar-refractivity contribution in [2.45, 2.75) is 136 Å². The highest BCUT2D eigenvalue weighted by Gasteiger charge is 2.44. The van der Waals surface area contributed by atoms with Crippen LogP contribution in [0, 0.1) is 44.8 Å². The van der Waals surface area contributed by atoms with E-state index in [4.69, 9.17) is 5.26 Å². The molecule has 0 spiro atoms. The lowest BCUT2D eigenvalue weighted by Gasteiger charge is -2.53. The van der Waals surface area contributed by atoms with Crippen LogP contribution in [-0.4, -0.2) is 47.8 Å². The molecule has 35 heavy (non-hydrogen) atoms. The third-order valence-corrected chi connectivity index (χ3v) is 10.0. The van der Waals surface area contributed by atoms with Gasteiger partial charge in [0.15, 0.2) is 0 Å². The summed E-state index contributed by atoms with van der Waals surface area (Å²) >= 11 is 0. The number of nitriles is 2. The number of aliphatic hydroxyl groups is 1. The molecular weight excluding hydrogens is 432 g/mol. The first-order valence-electron chi connectivity index (χ1n) is 14.5. The Morgan fingerprint density at radius 2 is 1.54 bits per heavy atom. The van der Waals surface area contributed by atoms with Gasteiger partial charge in [-0.3, -0.25) is 4.90 Å². The summed E-state index contributed by atoms with van der Waals surface area (Å²) in [6.07, 6.45) is 15.0. The van der Waals surface area contributed by atoms with Gasteiger partial charge in [0.25, 0.3) is 0 Å². The minimum atomic E-state index is 0.189. The molecule has 5 heteroatoms. The zero-order valence-corrected chi connectivity index (χ0v) is 23.1. The van der Waals surface area contributed by atoms with Gasteiger partial charge >= 0.3 is 0 Å². The largest absolute Gasteiger partial charge is 0.396 e. The molecule has 198 valence electrons. The zero-order valence-electron chi connectivity index (χ0n) is 23.1. The fraction of sp³-hybridized carbons (Fsp3) is 0.933. The predicted octanol–water partition coefficient (Wildman–Crippen LogP) is 6.18. The van der Waals surface area contributed by atoms with Crippen molar-refractivity contribution in [3.8, 4) is 12.1 Å². The van der Waals surface area contributed by atoms with Crippen LogP contribution in [0.1, 0.15) is 118 Å². The van der Waals surface area contributed by atoms with Gasteiger partial charge in [-0.2, -0.15) is 10.5 Å². The summed E-state index contributed by atoms with van der Waals surface area (Å²) in [4.78, 5) is 2.68. The lowest BCUT2D eigenvalue weighted by atomic mass is 9.62. The van der Waals surface area contributed by atoms with Gasteiger partial charge in [0.05, 0.1) is 12.1 Å². The average Bonchev–Trinajstić information content (AvgIpc) is 2.80. The maximum atomic E-state index is 9.65. The standard InChI is InChI=1S/C30H52N4O/c1-24(30(18-20-32)15-10-27(11-16-30)34-22-28(2,3)23-34)6-5-7-25(12-21-35)33-26-8-13-29(4,14-9-26)17-19-31/h24-27,33,35H,5-18,21-23H2,1-4H3/t24-,25?,26?,27?,29?,30?/m0/s1. The van der Waals surface area contributed by atoms with Crippen molar-refractivity contribution in [3.05, 3.63) is 0 Å². The first kappa shape index (κ1) is 28.4. The molecule has 0 aromatic rings. The van der Waals surface area contributed by atoms with Crippen molar-refractivity contribution in [2.24, 2.45) is 22.2 Å². The van der Waals surface area contributed by atoms with Gasteiger partial charge < -0.3 is 10.4 Å².